The molecule has 28 heavy (non-hydrogen) atoms. The molecule has 6 heteroatoms. The van der Waals surface area contributed by atoms with Gasteiger partial charge in [0.15, 0.2) is 11.6 Å². The molecule has 4 aromatic rings. The average molecular weight is 381 g/mol. The second-order valence-corrected chi connectivity index (χ2v) is 6.59. The molecule has 0 aliphatic rings. The number of fused-ring (bicyclic) bond motifs is 3. The molecule has 3 aromatic carbocycles. The standard InChI is InChI=1S/C22H17F2NO3/c23-17-7-5-14(9-18(17)24)19(26)11-25-21(27)10-15-12-28-20-8-6-13-3-1-2-4-16(13)22(15)20/h1-9,12,19,26H,10-11H2,(H,25,27)/t19-/m1/s1. The molecule has 0 aliphatic carbocycles. The highest BCUT2D eigenvalue weighted by atomic mass is 19.2. The molecule has 0 unspecified atom stereocenters. The molecule has 1 heterocycles. The molecule has 0 fully saturated rings. The molecule has 2 N–H and O–H groups in total. The molecule has 0 aliphatic heterocycles. The molecular weight excluding hydrogens is 364 g/mol. The number of furan rings is 1. The predicted octanol–water partition coefficient (Wildman–Crippen LogP) is 4.26. The zero-order valence-electron chi connectivity index (χ0n) is 14.8. The molecule has 0 radical (unpaired) electrons. The third kappa shape index (κ3) is 3.46. The van der Waals surface area contributed by atoms with Gasteiger partial charge in [0.2, 0.25) is 5.91 Å². The van der Waals surface area contributed by atoms with Gasteiger partial charge in [0.1, 0.15) is 5.58 Å². The van der Waals surface area contributed by atoms with Crippen molar-refractivity contribution in [3.8, 4) is 0 Å². The topological polar surface area (TPSA) is 62.5 Å². The minimum atomic E-state index is -1.14. The Labute approximate surface area is 159 Å². The first-order valence-electron chi connectivity index (χ1n) is 8.80. The normalized spacial score (nSPS) is 12.4. The fourth-order valence-corrected chi connectivity index (χ4v) is 3.29. The van der Waals surface area contributed by atoms with Gasteiger partial charge in [0.05, 0.1) is 18.8 Å². The van der Waals surface area contributed by atoms with Crippen molar-refractivity contribution in [1.29, 1.82) is 0 Å². The molecule has 4 nitrogen and oxygen atoms in total. The number of aliphatic hydroxyl groups excluding tert-OH is 1. The first-order valence-corrected chi connectivity index (χ1v) is 8.80. The van der Waals surface area contributed by atoms with E-state index in [0.29, 0.717) is 5.58 Å². The molecule has 1 amide bonds. The Hall–Kier alpha value is -3.25. The molecular formula is C22H17F2NO3. The highest BCUT2D eigenvalue weighted by Gasteiger charge is 2.15. The number of halogens is 2. The Kier molecular flexibility index (Phi) is 4.79. The van der Waals surface area contributed by atoms with Gasteiger partial charge in [-0.05, 0) is 34.5 Å². The monoisotopic (exact) mass is 381 g/mol. The van der Waals surface area contributed by atoms with Gasteiger partial charge in [-0.2, -0.15) is 0 Å². The third-order valence-electron chi connectivity index (χ3n) is 4.71. The molecule has 1 atom stereocenters. The van der Waals surface area contributed by atoms with E-state index in [2.05, 4.69) is 5.32 Å². The van der Waals surface area contributed by atoms with Crippen molar-refractivity contribution in [2.45, 2.75) is 12.5 Å². The van der Waals surface area contributed by atoms with Crippen molar-refractivity contribution in [2.24, 2.45) is 0 Å². The summed E-state index contributed by atoms with van der Waals surface area (Å²) < 4.78 is 31.8. The van der Waals surface area contributed by atoms with Crippen molar-refractivity contribution < 1.29 is 23.1 Å². The van der Waals surface area contributed by atoms with Crippen molar-refractivity contribution >= 4 is 27.6 Å². The Morgan fingerprint density at radius 2 is 1.89 bits per heavy atom. The number of nitrogens with one attached hydrogen (secondary N) is 1. The van der Waals surface area contributed by atoms with Gasteiger partial charge < -0.3 is 14.8 Å². The van der Waals surface area contributed by atoms with Gasteiger partial charge in [0, 0.05) is 17.5 Å². The van der Waals surface area contributed by atoms with Gasteiger partial charge in [-0.3, -0.25) is 4.79 Å². The van der Waals surface area contributed by atoms with E-state index in [1.54, 1.807) is 6.26 Å². The highest BCUT2D eigenvalue weighted by molar-refractivity contribution is 6.08. The highest BCUT2D eigenvalue weighted by Crippen LogP contribution is 2.30. The van der Waals surface area contributed by atoms with Crippen LogP contribution in [0.2, 0.25) is 0 Å². The number of aliphatic hydroxyl groups is 1. The third-order valence-corrected chi connectivity index (χ3v) is 4.71. The van der Waals surface area contributed by atoms with E-state index in [0.717, 1.165) is 33.9 Å². The average Bonchev–Trinajstić information content (AvgIpc) is 3.11. The van der Waals surface area contributed by atoms with Crippen LogP contribution >= 0.6 is 0 Å². The number of hydrogen-bond donors (Lipinski definition) is 2. The summed E-state index contributed by atoms with van der Waals surface area (Å²) in [6.07, 6.45) is 0.495. The number of benzene rings is 3. The van der Waals surface area contributed by atoms with Crippen LogP contribution in [-0.4, -0.2) is 17.6 Å². The van der Waals surface area contributed by atoms with Gasteiger partial charge in [-0.25, -0.2) is 8.78 Å². The van der Waals surface area contributed by atoms with E-state index in [1.165, 1.54) is 6.07 Å². The van der Waals surface area contributed by atoms with Crippen molar-refractivity contribution in [1.82, 2.24) is 5.32 Å². The van der Waals surface area contributed by atoms with E-state index in [9.17, 15) is 18.7 Å². The summed E-state index contributed by atoms with van der Waals surface area (Å²) in [6, 6.07) is 14.8. The lowest BCUT2D eigenvalue weighted by Crippen LogP contribution is -2.29. The number of amides is 1. The van der Waals surface area contributed by atoms with Crippen LogP contribution in [-0.2, 0) is 11.2 Å². The number of carbonyl (C=O) groups excluding carboxylic acids is 1. The number of rotatable bonds is 5. The molecule has 0 bridgehead atoms. The molecule has 0 spiro atoms. The van der Waals surface area contributed by atoms with Crippen LogP contribution in [0.1, 0.15) is 17.2 Å². The summed E-state index contributed by atoms with van der Waals surface area (Å²) in [5, 5.41) is 15.7. The second kappa shape index (κ2) is 7.40. The first kappa shape index (κ1) is 18.1. The maximum atomic E-state index is 13.3. The number of carbonyl (C=O) groups is 1. The van der Waals surface area contributed by atoms with Crippen LogP contribution < -0.4 is 5.32 Å². The smallest absolute Gasteiger partial charge is 0.224 e. The van der Waals surface area contributed by atoms with E-state index in [4.69, 9.17) is 4.42 Å². The molecule has 0 saturated heterocycles. The fraction of sp³-hybridized carbons (Fsp3) is 0.136. The lowest BCUT2D eigenvalue weighted by molar-refractivity contribution is -0.120. The summed E-state index contributed by atoms with van der Waals surface area (Å²) >= 11 is 0. The molecule has 1 aromatic heterocycles. The largest absolute Gasteiger partial charge is 0.464 e. The van der Waals surface area contributed by atoms with Gasteiger partial charge in [-0.15, -0.1) is 0 Å². The van der Waals surface area contributed by atoms with Gasteiger partial charge >= 0.3 is 0 Å². The Morgan fingerprint density at radius 3 is 2.71 bits per heavy atom. The summed E-state index contributed by atoms with van der Waals surface area (Å²) in [4.78, 5) is 12.3. The lowest BCUT2D eigenvalue weighted by Gasteiger charge is -2.12. The zero-order valence-corrected chi connectivity index (χ0v) is 14.8. The molecule has 142 valence electrons. The van der Waals surface area contributed by atoms with Gasteiger partial charge in [-0.1, -0.05) is 36.4 Å². The van der Waals surface area contributed by atoms with E-state index in [1.807, 2.05) is 36.4 Å². The van der Waals surface area contributed by atoms with Crippen LogP contribution in [0.4, 0.5) is 8.78 Å². The first-order chi connectivity index (χ1) is 13.5. The summed E-state index contributed by atoms with van der Waals surface area (Å²) in [5.41, 5.74) is 1.63. The van der Waals surface area contributed by atoms with Gasteiger partial charge in [0.25, 0.3) is 0 Å². The predicted molar refractivity (Wildman–Crippen MR) is 102 cm³/mol. The minimum Gasteiger partial charge on any atom is -0.464 e. The van der Waals surface area contributed by atoms with E-state index >= 15 is 0 Å². The zero-order chi connectivity index (χ0) is 19.7. The van der Waals surface area contributed by atoms with Crippen molar-refractivity contribution in [2.75, 3.05) is 6.54 Å². The second-order valence-electron chi connectivity index (χ2n) is 6.59. The molecule has 0 saturated carbocycles. The minimum absolute atomic E-state index is 0.0749. The SMILES string of the molecule is O=C(Cc1coc2ccc3ccccc3c12)NC[C@@H](O)c1ccc(F)c(F)c1. The van der Waals surface area contributed by atoms with E-state index < -0.39 is 17.7 Å². The summed E-state index contributed by atoms with van der Waals surface area (Å²) in [6.45, 7) is -0.111. The van der Waals surface area contributed by atoms with Crippen LogP contribution in [0.5, 0.6) is 0 Å². The Balaban J connectivity index is 1.48. The maximum Gasteiger partial charge on any atom is 0.224 e. The van der Waals surface area contributed by atoms with Crippen molar-refractivity contribution in [3.63, 3.8) is 0 Å². The van der Waals surface area contributed by atoms with Crippen LogP contribution in [0.15, 0.2) is 65.3 Å². The molecule has 4 rings (SSSR count). The number of hydrogen-bond acceptors (Lipinski definition) is 3. The lowest BCUT2D eigenvalue weighted by atomic mass is 10.0. The summed E-state index contributed by atoms with van der Waals surface area (Å²) in [7, 11) is 0. The van der Waals surface area contributed by atoms with Crippen molar-refractivity contribution in [3.05, 3.63) is 83.6 Å². The fourth-order valence-electron chi connectivity index (χ4n) is 3.29. The summed E-state index contributed by atoms with van der Waals surface area (Å²) in [5.74, 6) is -2.34. The quantitative estimate of drug-likeness (QED) is 0.543. The maximum absolute atomic E-state index is 13.3. The van der Waals surface area contributed by atoms with Crippen LogP contribution in [0, 0.1) is 11.6 Å². The Morgan fingerprint density at radius 1 is 1.07 bits per heavy atom. The van der Waals surface area contributed by atoms with E-state index in [-0.39, 0.29) is 24.4 Å². The van der Waals surface area contributed by atoms with Crippen LogP contribution in [0.25, 0.3) is 21.7 Å². The Bertz CT molecular complexity index is 1170. The van der Waals surface area contributed by atoms with Crippen LogP contribution in [0.3, 0.4) is 0 Å².